The molecule has 1 aliphatic carbocycles. The third kappa shape index (κ3) is 3.93. The highest BCUT2D eigenvalue weighted by Crippen LogP contribution is 2.47. The largest absolute Gasteiger partial charge is 0.461 e. The van der Waals surface area contributed by atoms with E-state index in [1.807, 2.05) is 12.1 Å². The van der Waals surface area contributed by atoms with Crippen molar-refractivity contribution >= 4 is 17.9 Å². The molecule has 5 heteroatoms. The summed E-state index contributed by atoms with van der Waals surface area (Å²) in [5.74, 6) is 2.24. The highest BCUT2D eigenvalue weighted by molar-refractivity contribution is 5.93. The Morgan fingerprint density at radius 2 is 1.96 bits per heavy atom. The van der Waals surface area contributed by atoms with Gasteiger partial charge < -0.3 is 15.5 Å². The quantitative estimate of drug-likeness (QED) is 0.801. The van der Waals surface area contributed by atoms with Gasteiger partial charge in [0.1, 0.15) is 11.5 Å². The van der Waals surface area contributed by atoms with Crippen molar-refractivity contribution in [1.29, 1.82) is 0 Å². The molecule has 1 fully saturated rings. The number of hydrogen-bond acceptors (Lipinski definition) is 3. The first kappa shape index (κ1) is 16.1. The van der Waals surface area contributed by atoms with Crippen molar-refractivity contribution in [3.05, 3.63) is 65.1 Å². The molecule has 1 aromatic carbocycles. The van der Waals surface area contributed by atoms with Crippen LogP contribution in [0, 0.1) is 5.92 Å². The third-order valence-corrected chi connectivity index (χ3v) is 4.23. The maximum Gasteiger partial charge on any atom is 0.248 e. The molecule has 0 bridgehead atoms. The highest BCUT2D eigenvalue weighted by atomic mass is 16.3. The summed E-state index contributed by atoms with van der Waals surface area (Å²) in [5.41, 5.74) is 6.53. The standard InChI is InChI=1S/C19H20N2O3/c1-12-10-16(12)17-8-6-15(24-17)7-9-18(22)21-11-13-2-4-14(5-3-13)19(20)23/h2-9,12,16H,10-11H2,1H3,(H2,20,23)(H,21,22)/b9-7-/t12-,16-/m1/s1. The molecule has 3 rings (SSSR count). The first-order valence-corrected chi connectivity index (χ1v) is 7.97. The van der Waals surface area contributed by atoms with Crippen molar-refractivity contribution < 1.29 is 14.0 Å². The van der Waals surface area contributed by atoms with E-state index in [9.17, 15) is 9.59 Å². The van der Waals surface area contributed by atoms with Gasteiger partial charge in [-0.3, -0.25) is 9.59 Å². The van der Waals surface area contributed by atoms with Crippen LogP contribution in [0.1, 0.15) is 46.7 Å². The monoisotopic (exact) mass is 324 g/mol. The molecule has 0 saturated heterocycles. The van der Waals surface area contributed by atoms with Gasteiger partial charge in [-0.05, 0) is 48.2 Å². The van der Waals surface area contributed by atoms with Crippen molar-refractivity contribution in [1.82, 2.24) is 5.32 Å². The van der Waals surface area contributed by atoms with Gasteiger partial charge in [-0.25, -0.2) is 0 Å². The predicted octanol–water partition coefficient (Wildman–Crippen LogP) is 2.83. The van der Waals surface area contributed by atoms with Crippen molar-refractivity contribution in [2.45, 2.75) is 25.8 Å². The number of hydrogen-bond donors (Lipinski definition) is 2. The Labute approximate surface area is 140 Å². The first-order chi connectivity index (χ1) is 11.5. The Bertz CT molecular complexity index is 774. The molecule has 124 valence electrons. The summed E-state index contributed by atoms with van der Waals surface area (Å²) in [5, 5.41) is 2.78. The number of carbonyl (C=O) groups is 2. The Morgan fingerprint density at radius 3 is 2.58 bits per heavy atom. The van der Waals surface area contributed by atoms with Gasteiger partial charge in [0.25, 0.3) is 0 Å². The predicted molar refractivity (Wildman–Crippen MR) is 91.1 cm³/mol. The lowest BCUT2D eigenvalue weighted by molar-refractivity contribution is -0.116. The van der Waals surface area contributed by atoms with E-state index >= 15 is 0 Å². The van der Waals surface area contributed by atoms with Crippen molar-refractivity contribution in [3.63, 3.8) is 0 Å². The fourth-order valence-corrected chi connectivity index (χ4v) is 2.57. The van der Waals surface area contributed by atoms with Gasteiger partial charge >= 0.3 is 0 Å². The molecule has 2 aromatic rings. The van der Waals surface area contributed by atoms with Crippen LogP contribution in [0.4, 0.5) is 0 Å². The van der Waals surface area contributed by atoms with Gasteiger partial charge in [0, 0.05) is 24.1 Å². The highest BCUT2D eigenvalue weighted by Gasteiger charge is 2.36. The maximum atomic E-state index is 11.9. The molecule has 0 aliphatic heterocycles. The normalized spacial score (nSPS) is 19.4. The van der Waals surface area contributed by atoms with Crippen molar-refractivity contribution in [2.24, 2.45) is 11.7 Å². The van der Waals surface area contributed by atoms with Crippen LogP contribution in [0.2, 0.25) is 0 Å². The number of benzene rings is 1. The molecule has 0 unspecified atom stereocenters. The molecule has 1 saturated carbocycles. The van der Waals surface area contributed by atoms with E-state index < -0.39 is 5.91 Å². The van der Waals surface area contributed by atoms with E-state index in [2.05, 4.69) is 12.2 Å². The second-order valence-electron chi connectivity index (χ2n) is 6.17. The summed E-state index contributed by atoms with van der Waals surface area (Å²) in [4.78, 5) is 22.9. The Balaban J connectivity index is 1.50. The summed E-state index contributed by atoms with van der Waals surface area (Å²) < 4.78 is 5.72. The minimum absolute atomic E-state index is 0.202. The van der Waals surface area contributed by atoms with Gasteiger partial charge in [0.2, 0.25) is 11.8 Å². The second-order valence-corrected chi connectivity index (χ2v) is 6.17. The maximum absolute atomic E-state index is 11.9. The number of rotatable bonds is 6. The fraction of sp³-hybridized carbons (Fsp3) is 0.263. The van der Waals surface area contributed by atoms with Crippen LogP contribution in [0.25, 0.3) is 6.08 Å². The molecule has 1 heterocycles. The number of amides is 2. The van der Waals surface area contributed by atoms with E-state index in [4.69, 9.17) is 10.2 Å². The average Bonchev–Trinajstić information content (AvgIpc) is 3.11. The summed E-state index contributed by atoms with van der Waals surface area (Å²) in [6.07, 6.45) is 4.30. The lowest BCUT2D eigenvalue weighted by atomic mass is 10.1. The van der Waals surface area contributed by atoms with E-state index in [0.717, 1.165) is 11.3 Å². The zero-order valence-corrected chi connectivity index (χ0v) is 13.5. The molecule has 0 radical (unpaired) electrons. The zero-order valence-electron chi connectivity index (χ0n) is 13.5. The summed E-state index contributed by atoms with van der Waals surface area (Å²) >= 11 is 0. The molecule has 1 aliphatic rings. The van der Waals surface area contributed by atoms with E-state index in [1.54, 1.807) is 30.3 Å². The Morgan fingerprint density at radius 1 is 1.25 bits per heavy atom. The molecule has 5 nitrogen and oxygen atoms in total. The van der Waals surface area contributed by atoms with Crippen molar-refractivity contribution in [2.75, 3.05) is 0 Å². The van der Waals surface area contributed by atoms with Crippen LogP contribution in [-0.4, -0.2) is 11.8 Å². The van der Waals surface area contributed by atoms with Crippen LogP contribution in [0.5, 0.6) is 0 Å². The van der Waals surface area contributed by atoms with Crippen molar-refractivity contribution in [3.8, 4) is 0 Å². The number of nitrogens with one attached hydrogen (secondary N) is 1. The second kappa shape index (κ2) is 6.74. The zero-order chi connectivity index (χ0) is 17.1. The molecule has 1 aromatic heterocycles. The molecule has 0 spiro atoms. The fourth-order valence-electron chi connectivity index (χ4n) is 2.57. The molecule has 24 heavy (non-hydrogen) atoms. The average molecular weight is 324 g/mol. The van der Waals surface area contributed by atoms with Crippen LogP contribution < -0.4 is 11.1 Å². The van der Waals surface area contributed by atoms with Gasteiger partial charge in [-0.1, -0.05) is 19.1 Å². The van der Waals surface area contributed by atoms with Gasteiger partial charge in [-0.15, -0.1) is 0 Å². The summed E-state index contributed by atoms with van der Waals surface area (Å²) in [6.45, 7) is 2.58. The number of carbonyl (C=O) groups excluding carboxylic acids is 2. The Kier molecular flexibility index (Phi) is 4.51. The molecular formula is C19H20N2O3. The van der Waals surface area contributed by atoms with E-state index in [1.165, 1.54) is 12.5 Å². The molecule has 3 N–H and O–H groups in total. The van der Waals surface area contributed by atoms with E-state index in [0.29, 0.717) is 29.7 Å². The topological polar surface area (TPSA) is 85.3 Å². The molecule has 2 atom stereocenters. The van der Waals surface area contributed by atoms with Gasteiger partial charge in [0.05, 0.1) is 0 Å². The van der Waals surface area contributed by atoms with Crippen LogP contribution in [0.3, 0.4) is 0 Å². The number of furan rings is 1. The minimum atomic E-state index is -0.466. The van der Waals surface area contributed by atoms with E-state index in [-0.39, 0.29) is 5.91 Å². The van der Waals surface area contributed by atoms with Gasteiger partial charge in [0.15, 0.2) is 0 Å². The lowest BCUT2D eigenvalue weighted by Gasteiger charge is -2.03. The van der Waals surface area contributed by atoms with Gasteiger partial charge in [-0.2, -0.15) is 0 Å². The third-order valence-electron chi connectivity index (χ3n) is 4.23. The summed E-state index contributed by atoms with van der Waals surface area (Å²) in [6, 6.07) is 10.7. The first-order valence-electron chi connectivity index (χ1n) is 7.97. The molecule has 2 amide bonds. The lowest BCUT2D eigenvalue weighted by Crippen LogP contribution is -2.20. The smallest absolute Gasteiger partial charge is 0.248 e. The minimum Gasteiger partial charge on any atom is -0.461 e. The van der Waals surface area contributed by atoms with Crippen LogP contribution in [-0.2, 0) is 11.3 Å². The summed E-state index contributed by atoms with van der Waals surface area (Å²) in [7, 11) is 0. The SMILES string of the molecule is C[C@@H]1C[C@H]1c1ccc(/C=C\C(=O)NCc2ccc(C(N)=O)cc2)o1. The number of primary amides is 1. The Hall–Kier alpha value is -2.82. The van der Waals surface area contributed by atoms with Crippen LogP contribution in [0.15, 0.2) is 46.9 Å². The molecular weight excluding hydrogens is 304 g/mol. The number of nitrogens with two attached hydrogens (primary N) is 1. The van der Waals surface area contributed by atoms with Crippen LogP contribution >= 0.6 is 0 Å².